The Bertz CT molecular complexity index is 945. The lowest BCUT2D eigenvalue weighted by atomic mass is 10.0. The van der Waals surface area contributed by atoms with E-state index in [-0.39, 0.29) is 23.9 Å². The predicted molar refractivity (Wildman–Crippen MR) is 119 cm³/mol. The molecule has 0 spiro atoms. The highest BCUT2D eigenvalue weighted by Gasteiger charge is 2.35. The van der Waals surface area contributed by atoms with Crippen LogP contribution in [-0.2, 0) is 13.1 Å². The predicted octanol–water partition coefficient (Wildman–Crippen LogP) is 3.45. The Labute approximate surface area is 187 Å². The number of carbonyl (C=O) groups is 2. The first-order valence-electron chi connectivity index (χ1n) is 11.0. The number of carbonyl (C=O) groups excluding carboxylic acids is 2. The molecule has 0 unspecified atom stereocenters. The average molecular weight is 441 g/mol. The minimum absolute atomic E-state index is 0.0234. The molecule has 0 radical (unpaired) electrons. The highest BCUT2D eigenvalue weighted by molar-refractivity contribution is 5.77. The first-order valence-corrected chi connectivity index (χ1v) is 11.0. The third kappa shape index (κ3) is 5.12. The fourth-order valence-corrected chi connectivity index (χ4v) is 4.35. The van der Waals surface area contributed by atoms with Gasteiger partial charge in [0.25, 0.3) is 0 Å². The third-order valence-electron chi connectivity index (χ3n) is 6.18. The molecule has 4 rings (SSSR count). The van der Waals surface area contributed by atoms with Crippen LogP contribution in [0.3, 0.4) is 0 Å². The topological polar surface area (TPSA) is 65.1 Å². The maximum atomic E-state index is 13.1. The van der Waals surface area contributed by atoms with E-state index in [0.717, 1.165) is 29.7 Å². The van der Waals surface area contributed by atoms with E-state index in [1.165, 1.54) is 12.1 Å². The van der Waals surface area contributed by atoms with Crippen molar-refractivity contribution in [3.63, 3.8) is 0 Å². The number of urea groups is 2. The van der Waals surface area contributed by atoms with Gasteiger partial charge in [-0.05, 0) is 48.2 Å². The third-order valence-corrected chi connectivity index (χ3v) is 6.18. The lowest BCUT2D eigenvalue weighted by molar-refractivity contribution is 0.134. The number of nitrogens with one attached hydrogen (secondary N) is 1. The van der Waals surface area contributed by atoms with Gasteiger partial charge in [-0.3, -0.25) is 0 Å². The highest BCUT2D eigenvalue weighted by Crippen LogP contribution is 2.23. The van der Waals surface area contributed by atoms with Gasteiger partial charge in [-0.15, -0.1) is 0 Å². The molecule has 170 valence electrons. The van der Waals surface area contributed by atoms with Crippen LogP contribution in [0.1, 0.15) is 24.0 Å². The summed E-state index contributed by atoms with van der Waals surface area (Å²) in [5.41, 5.74) is 1.90. The second kappa shape index (κ2) is 9.89. The molecule has 8 heteroatoms. The van der Waals surface area contributed by atoms with Crippen molar-refractivity contribution in [2.45, 2.75) is 32.0 Å². The summed E-state index contributed by atoms with van der Waals surface area (Å²) >= 11 is 0. The fraction of sp³-hybridized carbons (Fsp3) is 0.417. The van der Waals surface area contributed by atoms with E-state index in [1.807, 2.05) is 34.1 Å². The lowest BCUT2D eigenvalue weighted by Crippen LogP contribution is -2.50. The number of hydrogen-bond acceptors (Lipinski definition) is 3. The first-order chi connectivity index (χ1) is 15.5. The van der Waals surface area contributed by atoms with Gasteiger partial charge in [0.2, 0.25) is 0 Å². The number of halogens is 1. The molecular weight excluding hydrogens is 411 g/mol. The maximum Gasteiger partial charge on any atom is 0.320 e. The summed E-state index contributed by atoms with van der Waals surface area (Å²) in [7, 11) is 1.62. The second-order valence-electron chi connectivity index (χ2n) is 8.25. The number of likely N-dealkylation sites (tertiary alicyclic amines) is 1. The molecule has 4 amide bonds. The molecular formula is C24H29FN4O3. The van der Waals surface area contributed by atoms with E-state index in [9.17, 15) is 14.0 Å². The molecule has 2 aliphatic heterocycles. The summed E-state index contributed by atoms with van der Waals surface area (Å²) in [6.45, 7) is 3.52. The summed E-state index contributed by atoms with van der Waals surface area (Å²) in [6.07, 6.45) is 1.53. The van der Waals surface area contributed by atoms with Gasteiger partial charge >= 0.3 is 12.1 Å². The van der Waals surface area contributed by atoms with Crippen LogP contribution in [0.2, 0.25) is 0 Å². The zero-order valence-corrected chi connectivity index (χ0v) is 18.3. The number of ether oxygens (including phenoxy) is 1. The molecule has 0 bridgehead atoms. The van der Waals surface area contributed by atoms with Gasteiger partial charge < -0.3 is 24.8 Å². The van der Waals surface area contributed by atoms with Crippen molar-refractivity contribution in [2.24, 2.45) is 0 Å². The molecule has 0 aromatic heterocycles. The van der Waals surface area contributed by atoms with Crippen molar-refractivity contribution in [2.75, 3.05) is 33.3 Å². The van der Waals surface area contributed by atoms with Crippen molar-refractivity contribution < 1.29 is 18.7 Å². The van der Waals surface area contributed by atoms with Crippen LogP contribution in [0.15, 0.2) is 48.5 Å². The molecule has 2 aromatic carbocycles. The van der Waals surface area contributed by atoms with Crippen LogP contribution in [0, 0.1) is 5.82 Å². The van der Waals surface area contributed by atoms with Gasteiger partial charge in [0, 0.05) is 45.3 Å². The monoisotopic (exact) mass is 440 g/mol. The Morgan fingerprint density at radius 2 is 1.81 bits per heavy atom. The summed E-state index contributed by atoms with van der Waals surface area (Å²) < 4.78 is 18.3. The van der Waals surface area contributed by atoms with Crippen molar-refractivity contribution in [3.05, 3.63) is 65.5 Å². The SMILES string of the molecule is COc1cccc(CNC(=O)N2CCC(N3CCN(Cc4ccc(F)cc4)C3=O)CC2)c1. The fourth-order valence-electron chi connectivity index (χ4n) is 4.35. The molecule has 2 heterocycles. The number of nitrogens with zero attached hydrogens (tertiary/aromatic N) is 3. The maximum absolute atomic E-state index is 13.1. The van der Waals surface area contributed by atoms with E-state index in [4.69, 9.17) is 4.74 Å². The largest absolute Gasteiger partial charge is 0.497 e. The van der Waals surface area contributed by atoms with Crippen molar-refractivity contribution >= 4 is 12.1 Å². The molecule has 7 nitrogen and oxygen atoms in total. The number of hydrogen-bond donors (Lipinski definition) is 1. The molecule has 32 heavy (non-hydrogen) atoms. The summed E-state index contributed by atoms with van der Waals surface area (Å²) in [6, 6.07) is 14.0. The quantitative estimate of drug-likeness (QED) is 0.748. The molecule has 0 atom stereocenters. The van der Waals surface area contributed by atoms with Crippen molar-refractivity contribution in [1.82, 2.24) is 20.0 Å². The van der Waals surface area contributed by atoms with E-state index >= 15 is 0 Å². The van der Waals surface area contributed by atoms with Crippen molar-refractivity contribution in [1.29, 1.82) is 0 Å². The zero-order valence-electron chi connectivity index (χ0n) is 18.3. The minimum Gasteiger partial charge on any atom is -0.497 e. The summed E-state index contributed by atoms with van der Waals surface area (Å²) in [5.74, 6) is 0.490. The molecule has 0 saturated carbocycles. The molecule has 2 aliphatic rings. The van der Waals surface area contributed by atoms with Crippen molar-refractivity contribution in [3.8, 4) is 5.75 Å². The standard InChI is InChI=1S/C24H29FN4O3/c1-32-22-4-2-3-19(15-22)16-26-23(30)27-11-9-21(10-12-27)29-14-13-28(24(29)31)17-18-5-7-20(25)8-6-18/h2-8,15,21H,9-14,16-17H2,1H3,(H,26,30). The number of piperidine rings is 1. The van der Waals surface area contributed by atoms with Gasteiger partial charge in [0.1, 0.15) is 11.6 Å². The highest BCUT2D eigenvalue weighted by atomic mass is 19.1. The Hall–Kier alpha value is -3.29. The molecule has 2 aromatic rings. The van der Waals surface area contributed by atoms with Gasteiger partial charge in [-0.1, -0.05) is 24.3 Å². The van der Waals surface area contributed by atoms with Gasteiger partial charge in [-0.25, -0.2) is 14.0 Å². The zero-order chi connectivity index (χ0) is 22.5. The van der Waals surface area contributed by atoms with E-state index < -0.39 is 0 Å². The smallest absolute Gasteiger partial charge is 0.320 e. The van der Waals surface area contributed by atoms with Crippen LogP contribution < -0.4 is 10.1 Å². The second-order valence-corrected chi connectivity index (χ2v) is 8.25. The number of methoxy groups -OCH3 is 1. The average Bonchev–Trinajstić information content (AvgIpc) is 3.19. The van der Waals surface area contributed by atoms with Gasteiger partial charge in [0.05, 0.1) is 7.11 Å². The van der Waals surface area contributed by atoms with Gasteiger partial charge in [0.15, 0.2) is 0 Å². The Balaban J connectivity index is 1.24. The normalized spacial score (nSPS) is 17.1. The summed E-state index contributed by atoms with van der Waals surface area (Å²) in [4.78, 5) is 31.0. The van der Waals surface area contributed by atoms with Crippen LogP contribution in [-0.4, -0.2) is 66.1 Å². The molecule has 2 saturated heterocycles. The Morgan fingerprint density at radius 1 is 1.06 bits per heavy atom. The molecule has 0 aliphatic carbocycles. The van der Waals surface area contributed by atoms with E-state index in [0.29, 0.717) is 39.3 Å². The number of amides is 4. The first kappa shape index (κ1) is 21.9. The van der Waals surface area contributed by atoms with Crippen LogP contribution >= 0.6 is 0 Å². The summed E-state index contributed by atoms with van der Waals surface area (Å²) in [5, 5.41) is 2.97. The van der Waals surface area contributed by atoms with E-state index in [1.54, 1.807) is 24.1 Å². The van der Waals surface area contributed by atoms with Crippen LogP contribution in [0.25, 0.3) is 0 Å². The molecule has 1 N–H and O–H groups in total. The number of benzene rings is 2. The number of rotatable bonds is 6. The Morgan fingerprint density at radius 3 is 2.53 bits per heavy atom. The minimum atomic E-state index is -0.276. The van der Waals surface area contributed by atoms with Crippen LogP contribution in [0.5, 0.6) is 5.75 Å². The Kier molecular flexibility index (Phi) is 6.78. The van der Waals surface area contributed by atoms with Crippen LogP contribution in [0.4, 0.5) is 14.0 Å². The van der Waals surface area contributed by atoms with E-state index in [2.05, 4.69) is 5.32 Å². The lowest BCUT2D eigenvalue weighted by Gasteiger charge is -2.36. The van der Waals surface area contributed by atoms with Gasteiger partial charge in [-0.2, -0.15) is 0 Å². The molecule has 2 fully saturated rings.